The van der Waals surface area contributed by atoms with Gasteiger partial charge in [0.25, 0.3) is 0 Å². The van der Waals surface area contributed by atoms with E-state index in [4.69, 9.17) is 9.47 Å². The third-order valence-electron chi connectivity index (χ3n) is 6.99. The van der Waals surface area contributed by atoms with Crippen LogP contribution in [0.5, 0.6) is 5.75 Å². The van der Waals surface area contributed by atoms with E-state index in [2.05, 4.69) is 32.0 Å². The number of rotatable bonds is 13. The number of unbranched alkanes of at least 4 members (excludes halogenated alkanes) is 7. The molecular weight excluding hydrogens is 420 g/mol. The monoisotopic (exact) mass is 458 g/mol. The van der Waals surface area contributed by atoms with Gasteiger partial charge in [-0.05, 0) is 46.4 Å². The highest BCUT2D eigenvalue weighted by Crippen LogP contribution is 2.43. The van der Waals surface area contributed by atoms with Crippen molar-refractivity contribution in [3.05, 3.63) is 77.9 Å². The first-order chi connectivity index (χ1) is 16.7. The molecule has 1 aliphatic rings. The van der Waals surface area contributed by atoms with Gasteiger partial charge in [0.1, 0.15) is 11.9 Å². The number of ether oxygens (including phenoxy) is 2. The third kappa shape index (κ3) is 6.48. The number of epoxide rings is 1. The van der Waals surface area contributed by atoms with E-state index in [0.717, 1.165) is 16.3 Å². The second-order valence-corrected chi connectivity index (χ2v) is 9.70. The minimum absolute atomic E-state index is 0.204. The normalized spacial score (nSPS) is 18.1. The molecule has 1 fully saturated rings. The molecule has 0 aromatic heterocycles. The summed E-state index contributed by atoms with van der Waals surface area (Å²) < 4.78 is 11.5. The number of fused-ring (bicyclic) bond motifs is 1. The molecule has 3 aromatic rings. The Morgan fingerprint density at radius 1 is 0.853 bits per heavy atom. The van der Waals surface area contributed by atoms with E-state index >= 15 is 0 Å². The van der Waals surface area contributed by atoms with Crippen molar-refractivity contribution in [2.75, 3.05) is 0 Å². The Balaban J connectivity index is 1.28. The molecule has 0 amide bonds. The quantitative estimate of drug-likeness (QED) is 0.111. The molecule has 0 bridgehead atoms. The highest BCUT2D eigenvalue weighted by atomic mass is 16.6. The van der Waals surface area contributed by atoms with Crippen LogP contribution in [-0.2, 0) is 9.53 Å². The van der Waals surface area contributed by atoms with Crippen LogP contribution in [0.15, 0.2) is 66.7 Å². The van der Waals surface area contributed by atoms with Crippen molar-refractivity contribution < 1.29 is 14.3 Å². The first-order valence-electron chi connectivity index (χ1n) is 13.1. The molecule has 1 aliphatic heterocycles. The minimum atomic E-state index is -0.525. The summed E-state index contributed by atoms with van der Waals surface area (Å²) >= 11 is 0. The number of carbonyl (C=O) groups excluding carboxylic acids is 1. The molecule has 0 spiro atoms. The fraction of sp³-hybridized carbons (Fsp3) is 0.452. The third-order valence-corrected chi connectivity index (χ3v) is 6.99. The molecule has 3 aromatic carbocycles. The van der Waals surface area contributed by atoms with Gasteiger partial charge in [0, 0.05) is 0 Å². The van der Waals surface area contributed by atoms with E-state index in [9.17, 15) is 4.79 Å². The van der Waals surface area contributed by atoms with Gasteiger partial charge in [0.2, 0.25) is 0 Å². The zero-order chi connectivity index (χ0) is 23.8. The maximum atomic E-state index is 12.8. The molecule has 0 aliphatic carbocycles. The van der Waals surface area contributed by atoms with Crippen LogP contribution in [0.2, 0.25) is 0 Å². The number of benzene rings is 3. The maximum Gasteiger partial charge on any atom is 0.343 e. The lowest BCUT2D eigenvalue weighted by atomic mass is 9.89. The lowest BCUT2D eigenvalue weighted by Gasteiger charge is -2.15. The van der Waals surface area contributed by atoms with Crippen LogP contribution in [0.1, 0.15) is 94.8 Å². The number of hydrogen-bond donors (Lipinski definition) is 0. The minimum Gasteiger partial charge on any atom is -0.425 e. The van der Waals surface area contributed by atoms with Crippen LogP contribution in [-0.4, -0.2) is 12.1 Å². The Labute approximate surface area is 204 Å². The van der Waals surface area contributed by atoms with Crippen molar-refractivity contribution in [3.8, 4) is 5.75 Å². The number of carbonyl (C=O) groups is 1. The summed E-state index contributed by atoms with van der Waals surface area (Å²) in [5.41, 5.74) is 2.44. The highest BCUT2D eigenvalue weighted by molar-refractivity contribution is 5.86. The van der Waals surface area contributed by atoms with Crippen LogP contribution in [0, 0.1) is 0 Å². The summed E-state index contributed by atoms with van der Waals surface area (Å²) in [6.45, 7) is 4.56. The first kappa shape index (κ1) is 24.5. The summed E-state index contributed by atoms with van der Waals surface area (Å²) in [5, 5.41) is 2.18. The lowest BCUT2D eigenvalue weighted by molar-refractivity contribution is -0.135. The second kappa shape index (κ2) is 12.2. The van der Waals surface area contributed by atoms with Crippen LogP contribution in [0.3, 0.4) is 0 Å². The first-order valence-corrected chi connectivity index (χ1v) is 13.1. The van der Waals surface area contributed by atoms with Crippen LogP contribution in [0.25, 0.3) is 10.8 Å². The van der Waals surface area contributed by atoms with E-state index in [0.29, 0.717) is 11.7 Å². The summed E-state index contributed by atoms with van der Waals surface area (Å²) in [6.07, 6.45) is 11.1. The summed E-state index contributed by atoms with van der Waals surface area (Å²) in [5.74, 6) is 0.706. The number of hydrogen-bond acceptors (Lipinski definition) is 3. The standard InChI is InChI=1S/C31H38O3/c1-3-4-5-6-7-8-9-10-15-23(2)27-18-13-14-19-28(27)29-30(34-29)31(32)33-26-21-20-24-16-11-12-17-25(24)22-26/h11-14,16-23,29-30H,3-10,15H2,1-2H3/t23?,29-,30+/m0/s1. The lowest BCUT2D eigenvalue weighted by Crippen LogP contribution is -2.16. The van der Waals surface area contributed by atoms with Gasteiger partial charge in [0.15, 0.2) is 6.10 Å². The van der Waals surface area contributed by atoms with E-state index < -0.39 is 6.10 Å². The van der Waals surface area contributed by atoms with Crippen molar-refractivity contribution in [1.29, 1.82) is 0 Å². The van der Waals surface area contributed by atoms with Crippen molar-refractivity contribution in [2.24, 2.45) is 0 Å². The molecule has 0 saturated carbocycles. The van der Waals surface area contributed by atoms with Gasteiger partial charge in [-0.2, -0.15) is 0 Å². The zero-order valence-electron chi connectivity index (χ0n) is 20.7. The van der Waals surface area contributed by atoms with Gasteiger partial charge in [-0.25, -0.2) is 4.79 Å². The average molecular weight is 459 g/mol. The Kier molecular flexibility index (Phi) is 8.76. The summed E-state index contributed by atoms with van der Waals surface area (Å²) in [7, 11) is 0. The predicted molar refractivity (Wildman–Crippen MR) is 139 cm³/mol. The Bertz CT molecular complexity index is 1070. The second-order valence-electron chi connectivity index (χ2n) is 9.70. The molecule has 3 nitrogen and oxygen atoms in total. The molecule has 3 atom stereocenters. The largest absolute Gasteiger partial charge is 0.425 e. The van der Waals surface area contributed by atoms with Crippen LogP contribution >= 0.6 is 0 Å². The van der Waals surface area contributed by atoms with Gasteiger partial charge < -0.3 is 9.47 Å². The van der Waals surface area contributed by atoms with Gasteiger partial charge in [0.05, 0.1) is 0 Å². The van der Waals surface area contributed by atoms with Gasteiger partial charge in [-0.3, -0.25) is 0 Å². The fourth-order valence-electron chi connectivity index (χ4n) is 4.89. The molecule has 3 heteroatoms. The maximum absolute atomic E-state index is 12.8. The summed E-state index contributed by atoms with van der Waals surface area (Å²) in [4.78, 5) is 12.8. The molecule has 4 rings (SSSR count). The molecular formula is C31H38O3. The highest BCUT2D eigenvalue weighted by Gasteiger charge is 2.48. The van der Waals surface area contributed by atoms with E-state index in [-0.39, 0.29) is 12.1 Å². The molecule has 180 valence electrons. The fourth-order valence-corrected chi connectivity index (χ4v) is 4.89. The average Bonchev–Trinajstić information content (AvgIpc) is 3.66. The molecule has 1 saturated heterocycles. The van der Waals surface area contributed by atoms with Crippen molar-refractivity contribution in [3.63, 3.8) is 0 Å². The van der Waals surface area contributed by atoms with Gasteiger partial charge in [-0.15, -0.1) is 0 Å². The van der Waals surface area contributed by atoms with Crippen molar-refractivity contribution >= 4 is 16.7 Å². The van der Waals surface area contributed by atoms with Crippen molar-refractivity contribution in [2.45, 2.75) is 89.8 Å². The number of esters is 1. The van der Waals surface area contributed by atoms with Crippen molar-refractivity contribution in [1.82, 2.24) is 0 Å². The Morgan fingerprint density at radius 2 is 1.53 bits per heavy atom. The molecule has 1 heterocycles. The SMILES string of the molecule is CCCCCCCCCCC(C)c1ccccc1[C@@H]1O[C@H]1C(=O)Oc1ccc2ccccc2c1. The van der Waals surface area contributed by atoms with E-state index in [1.165, 1.54) is 63.4 Å². The zero-order valence-corrected chi connectivity index (χ0v) is 20.7. The topological polar surface area (TPSA) is 38.8 Å². The van der Waals surface area contributed by atoms with E-state index in [1.54, 1.807) is 0 Å². The molecule has 34 heavy (non-hydrogen) atoms. The molecule has 1 unspecified atom stereocenters. The Morgan fingerprint density at radius 3 is 2.32 bits per heavy atom. The van der Waals surface area contributed by atoms with Crippen LogP contribution in [0.4, 0.5) is 0 Å². The molecule has 0 radical (unpaired) electrons. The predicted octanol–water partition coefficient (Wildman–Crippen LogP) is 8.52. The van der Waals surface area contributed by atoms with Gasteiger partial charge in [-0.1, -0.05) is 120 Å². The molecule has 0 N–H and O–H groups in total. The smallest absolute Gasteiger partial charge is 0.343 e. The van der Waals surface area contributed by atoms with E-state index in [1.807, 2.05) is 48.5 Å². The van der Waals surface area contributed by atoms with Gasteiger partial charge >= 0.3 is 5.97 Å². The van der Waals surface area contributed by atoms with Crippen LogP contribution < -0.4 is 4.74 Å². The summed E-state index contributed by atoms with van der Waals surface area (Å²) in [6, 6.07) is 22.2. The Hall–Kier alpha value is -2.65.